The van der Waals surface area contributed by atoms with Gasteiger partial charge in [-0.3, -0.25) is 4.98 Å². The first-order valence-electron chi connectivity index (χ1n) is 18.4. The van der Waals surface area contributed by atoms with Crippen LogP contribution in [0.1, 0.15) is 72.1 Å². The predicted molar refractivity (Wildman–Crippen MR) is 221 cm³/mol. The summed E-state index contributed by atoms with van der Waals surface area (Å²) in [6, 6.07) is 30.3. The third kappa shape index (κ3) is 7.46. The summed E-state index contributed by atoms with van der Waals surface area (Å²) in [5, 5.41) is 12.2. The van der Waals surface area contributed by atoms with Crippen LogP contribution in [0.15, 0.2) is 91.1 Å². The van der Waals surface area contributed by atoms with Crippen LogP contribution in [-0.4, -0.2) is 27.7 Å². The molecule has 0 fully saturated rings. The van der Waals surface area contributed by atoms with E-state index in [4.69, 9.17) is 9.97 Å². The van der Waals surface area contributed by atoms with Gasteiger partial charge in [-0.05, 0) is 104 Å². The zero-order chi connectivity index (χ0) is 37.0. The van der Waals surface area contributed by atoms with E-state index in [1.807, 2.05) is 25.2 Å². The molecule has 0 saturated heterocycles. The number of aromatic hydroxyl groups is 1. The SMILES string of the molecule is CC(C)Cc1cc(-c2cc(-c3cc(C(C)(C)C)cc(C(C)(C)C)c3)cc(-c3cccc4c3nc(-c3ccccc3O)n4C)c2)ncc1[Si](C)(C)C. The zero-order valence-corrected chi connectivity index (χ0v) is 33.7. The van der Waals surface area contributed by atoms with Crippen molar-refractivity contribution in [1.82, 2.24) is 14.5 Å². The number of rotatable bonds is 7. The molecule has 0 aliphatic carbocycles. The van der Waals surface area contributed by atoms with E-state index in [1.165, 1.54) is 27.4 Å². The van der Waals surface area contributed by atoms with Gasteiger partial charge in [0.2, 0.25) is 0 Å². The Hall–Kier alpha value is -4.48. The first-order valence-corrected chi connectivity index (χ1v) is 21.9. The summed E-state index contributed by atoms with van der Waals surface area (Å²) >= 11 is 0. The topological polar surface area (TPSA) is 50.9 Å². The van der Waals surface area contributed by atoms with Crippen LogP contribution in [0.2, 0.25) is 19.6 Å². The largest absolute Gasteiger partial charge is 0.507 e. The molecular weight excluding hydrogens is 639 g/mol. The van der Waals surface area contributed by atoms with Crippen molar-refractivity contribution in [2.75, 3.05) is 0 Å². The highest BCUT2D eigenvalue weighted by Gasteiger charge is 2.24. The van der Waals surface area contributed by atoms with E-state index in [0.29, 0.717) is 5.92 Å². The Morgan fingerprint density at radius 1 is 0.706 bits per heavy atom. The van der Waals surface area contributed by atoms with Crippen LogP contribution >= 0.6 is 0 Å². The molecule has 1 N–H and O–H groups in total. The number of fused-ring (bicyclic) bond motifs is 1. The molecule has 0 aliphatic rings. The van der Waals surface area contributed by atoms with Crippen molar-refractivity contribution in [3.63, 3.8) is 0 Å². The molecule has 5 heteroatoms. The Morgan fingerprint density at radius 3 is 1.90 bits per heavy atom. The average molecular weight is 694 g/mol. The van der Waals surface area contributed by atoms with Crippen LogP contribution < -0.4 is 5.19 Å². The van der Waals surface area contributed by atoms with Gasteiger partial charge in [-0.15, -0.1) is 0 Å². The molecular formula is C46H55N3OSi. The van der Waals surface area contributed by atoms with Gasteiger partial charge in [-0.25, -0.2) is 4.98 Å². The van der Waals surface area contributed by atoms with E-state index in [-0.39, 0.29) is 16.6 Å². The van der Waals surface area contributed by atoms with Crippen LogP contribution in [0.25, 0.3) is 55.9 Å². The van der Waals surface area contributed by atoms with Crippen molar-refractivity contribution >= 4 is 24.3 Å². The molecule has 4 nitrogen and oxygen atoms in total. The van der Waals surface area contributed by atoms with E-state index >= 15 is 0 Å². The quantitative estimate of drug-likeness (QED) is 0.169. The van der Waals surface area contributed by atoms with Gasteiger partial charge in [0.1, 0.15) is 11.6 Å². The number of imidazole rings is 1. The second-order valence-electron chi connectivity index (χ2n) is 17.9. The summed E-state index contributed by atoms with van der Waals surface area (Å²) in [5.74, 6) is 1.51. The second-order valence-corrected chi connectivity index (χ2v) is 22.9. The molecule has 51 heavy (non-hydrogen) atoms. The summed E-state index contributed by atoms with van der Waals surface area (Å²) in [6.45, 7) is 25.6. The van der Waals surface area contributed by atoms with Crippen LogP contribution in [0.4, 0.5) is 0 Å². The molecule has 0 atom stereocenters. The van der Waals surface area contributed by atoms with Crippen LogP contribution in [-0.2, 0) is 24.3 Å². The minimum absolute atomic E-state index is 0.00458. The summed E-state index contributed by atoms with van der Waals surface area (Å²) < 4.78 is 2.08. The Morgan fingerprint density at radius 2 is 1.29 bits per heavy atom. The number of aromatic nitrogens is 3. The maximum absolute atomic E-state index is 10.8. The van der Waals surface area contributed by atoms with E-state index < -0.39 is 8.07 Å². The van der Waals surface area contributed by atoms with Crippen LogP contribution in [0.3, 0.4) is 0 Å². The van der Waals surface area contributed by atoms with Crippen LogP contribution in [0.5, 0.6) is 5.75 Å². The number of phenols is 1. The molecule has 0 amide bonds. The van der Waals surface area contributed by atoms with Gasteiger partial charge in [0.05, 0.1) is 30.4 Å². The van der Waals surface area contributed by atoms with Gasteiger partial charge in [0.15, 0.2) is 0 Å². The van der Waals surface area contributed by atoms with Crippen molar-refractivity contribution < 1.29 is 5.11 Å². The summed E-state index contributed by atoms with van der Waals surface area (Å²) in [5.41, 5.74) is 13.3. The van der Waals surface area contributed by atoms with Crippen molar-refractivity contribution in [1.29, 1.82) is 0 Å². The van der Waals surface area contributed by atoms with Crippen LogP contribution in [0, 0.1) is 5.92 Å². The molecule has 2 aromatic heterocycles. The third-order valence-electron chi connectivity index (χ3n) is 10.0. The molecule has 0 spiro atoms. The fraction of sp³-hybridized carbons (Fsp3) is 0.348. The average Bonchev–Trinajstić information content (AvgIpc) is 3.39. The molecule has 0 aliphatic heterocycles. The Labute approximate surface area is 306 Å². The van der Waals surface area contributed by atoms with Crippen molar-refractivity contribution in [3.05, 3.63) is 108 Å². The van der Waals surface area contributed by atoms with E-state index in [9.17, 15) is 5.11 Å². The minimum Gasteiger partial charge on any atom is -0.507 e. The van der Waals surface area contributed by atoms with Gasteiger partial charge in [-0.1, -0.05) is 117 Å². The lowest BCUT2D eigenvalue weighted by Gasteiger charge is -2.26. The predicted octanol–water partition coefficient (Wildman–Crippen LogP) is 11.7. The standard InChI is InChI=1S/C46H55N3OSi/c1-29(2)20-34-26-39(47-28-42(34)51(10,11)12)33-22-30(31-24-35(45(3,4)5)27-36(25-31)46(6,7)8)21-32(23-33)37-17-15-18-40-43(37)48-44(49(40)9)38-16-13-14-19-41(38)50/h13-19,21-29,50H,20H2,1-12H3. The van der Waals surface area contributed by atoms with E-state index in [2.05, 4.69) is 146 Å². The molecule has 2 heterocycles. The number of nitrogens with zero attached hydrogens (tertiary/aromatic N) is 3. The molecule has 4 aromatic carbocycles. The van der Waals surface area contributed by atoms with Crippen molar-refractivity contribution in [2.24, 2.45) is 13.0 Å². The van der Waals surface area contributed by atoms with Gasteiger partial charge in [-0.2, -0.15) is 0 Å². The lowest BCUT2D eigenvalue weighted by molar-refractivity contribution is 0.476. The summed E-state index contributed by atoms with van der Waals surface area (Å²) in [6.07, 6.45) is 3.20. The Kier molecular flexibility index (Phi) is 9.43. The van der Waals surface area contributed by atoms with Gasteiger partial charge < -0.3 is 9.67 Å². The van der Waals surface area contributed by atoms with Gasteiger partial charge in [0.25, 0.3) is 0 Å². The smallest absolute Gasteiger partial charge is 0.144 e. The Balaban J connectivity index is 1.65. The zero-order valence-electron chi connectivity index (χ0n) is 32.7. The number of benzene rings is 4. The van der Waals surface area contributed by atoms with E-state index in [0.717, 1.165) is 56.8 Å². The van der Waals surface area contributed by atoms with Crippen molar-refractivity contribution in [2.45, 2.75) is 92.3 Å². The summed E-state index contributed by atoms with van der Waals surface area (Å²) in [4.78, 5) is 10.4. The molecule has 0 saturated carbocycles. The molecule has 0 unspecified atom stereocenters. The van der Waals surface area contributed by atoms with Gasteiger partial charge in [0, 0.05) is 24.4 Å². The lowest BCUT2D eigenvalue weighted by atomic mass is 9.78. The number of pyridine rings is 1. The number of phenolic OH excluding ortho intramolecular Hbond substituents is 1. The second kappa shape index (κ2) is 13.2. The monoisotopic (exact) mass is 693 g/mol. The maximum Gasteiger partial charge on any atom is 0.144 e. The fourth-order valence-electron chi connectivity index (χ4n) is 7.05. The fourth-order valence-corrected chi connectivity index (χ4v) is 8.64. The molecule has 0 radical (unpaired) electrons. The highest BCUT2D eigenvalue weighted by atomic mass is 28.3. The van der Waals surface area contributed by atoms with Crippen molar-refractivity contribution in [3.8, 4) is 50.6 Å². The molecule has 0 bridgehead atoms. The first kappa shape index (κ1) is 36.3. The Bertz CT molecular complexity index is 2210. The molecule has 264 valence electrons. The highest BCUT2D eigenvalue weighted by Crippen LogP contribution is 2.40. The number of hydrogen-bond donors (Lipinski definition) is 1. The minimum atomic E-state index is -1.60. The van der Waals surface area contributed by atoms with E-state index in [1.54, 1.807) is 6.07 Å². The third-order valence-corrected chi connectivity index (χ3v) is 12.1. The lowest BCUT2D eigenvalue weighted by Crippen LogP contribution is -2.40. The highest BCUT2D eigenvalue weighted by molar-refractivity contribution is 6.89. The number of aryl methyl sites for hydroxylation is 1. The van der Waals surface area contributed by atoms with Gasteiger partial charge >= 0.3 is 0 Å². The first-order chi connectivity index (χ1) is 23.8. The molecule has 6 rings (SSSR count). The number of para-hydroxylation sites is 2. The summed E-state index contributed by atoms with van der Waals surface area (Å²) in [7, 11) is 0.422. The maximum atomic E-state index is 10.8. The number of hydrogen-bond acceptors (Lipinski definition) is 3. The normalized spacial score (nSPS) is 12.6. The molecule has 6 aromatic rings.